The molecular weight excluding hydrogens is 236 g/mol. The lowest BCUT2D eigenvalue weighted by Crippen LogP contribution is -2.37. The second-order valence-electron chi connectivity index (χ2n) is 5.46. The molecule has 0 radical (unpaired) electrons. The van der Waals surface area contributed by atoms with Crippen LogP contribution in [0.15, 0.2) is 18.2 Å². The SMILES string of the molecule is Cc1cccc(NC(=O)C2(C#N)CCCCC2)c1C. The number of anilines is 1. The molecule has 100 valence electrons. The van der Waals surface area contributed by atoms with Crippen molar-refractivity contribution in [3.63, 3.8) is 0 Å². The lowest BCUT2D eigenvalue weighted by molar-refractivity contribution is -0.124. The van der Waals surface area contributed by atoms with E-state index < -0.39 is 5.41 Å². The standard InChI is InChI=1S/C16H20N2O/c1-12-7-6-8-14(13(12)2)18-15(19)16(11-17)9-4-3-5-10-16/h6-8H,3-5,9-10H2,1-2H3,(H,18,19). The Morgan fingerprint density at radius 3 is 2.58 bits per heavy atom. The number of nitrogens with one attached hydrogen (secondary N) is 1. The van der Waals surface area contributed by atoms with E-state index in [0.717, 1.165) is 36.1 Å². The summed E-state index contributed by atoms with van der Waals surface area (Å²) in [7, 11) is 0. The van der Waals surface area contributed by atoms with Crippen LogP contribution in [0.1, 0.15) is 43.2 Å². The Hall–Kier alpha value is -1.82. The summed E-state index contributed by atoms with van der Waals surface area (Å²) in [5, 5.41) is 12.4. The average molecular weight is 256 g/mol. The number of hydrogen-bond acceptors (Lipinski definition) is 2. The Bertz CT molecular complexity index is 522. The lowest BCUT2D eigenvalue weighted by atomic mass is 9.74. The van der Waals surface area contributed by atoms with Gasteiger partial charge in [0.1, 0.15) is 5.41 Å². The van der Waals surface area contributed by atoms with Crippen LogP contribution in [0.2, 0.25) is 0 Å². The number of amides is 1. The summed E-state index contributed by atoms with van der Waals surface area (Å²) in [4.78, 5) is 12.5. The molecular formula is C16H20N2O. The average Bonchev–Trinajstić information content (AvgIpc) is 2.44. The smallest absolute Gasteiger partial charge is 0.244 e. The van der Waals surface area contributed by atoms with E-state index in [0.29, 0.717) is 12.8 Å². The third kappa shape index (κ3) is 2.63. The monoisotopic (exact) mass is 256 g/mol. The Morgan fingerprint density at radius 2 is 1.95 bits per heavy atom. The van der Waals surface area contributed by atoms with Gasteiger partial charge in [-0.1, -0.05) is 31.4 Å². The number of nitriles is 1. The number of carbonyl (C=O) groups is 1. The normalized spacial score (nSPS) is 17.5. The van der Waals surface area contributed by atoms with Gasteiger partial charge in [-0.25, -0.2) is 0 Å². The van der Waals surface area contributed by atoms with Gasteiger partial charge < -0.3 is 5.32 Å². The summed E-state index contributed by atoms with van der Waals surface area (Å²) in [5.74, 6) is -0.136. The molecule has 0 saturated heterocycles. The van der Waals surface area contributed by atoms with Gasteiger partial charge in [-0.3, -0.25) is 4.79 Å². The molecule has 0 unspecified atom stereocenters. The maximum atomic E-state index is 12.5. The molecule has 1 aromatic rings. The largest absolute Gasteiger partial charge is 0.324 e. The maximum Gasteiger partial charge on any atom is 0.244 e. The number of carbonyl (C=O) groups excluding carboxylic acids is 1. The van der Waals surface area contributed by atoms with Crippen molar-refractivity contribution in [2.24, 2.45) is 5.41 Å². The lowest BCUT2D eigenvalue weighted by Gasteiger charge is -2.29. The second kappa shape index (κ2) is 5.44. The third-order valence-corrected chi connectivity index (χ3v) is 4.21. The Labute approximate surface area is 114 Å². The minimum Gasteiger partial charge on any atom is -0.324 e. The fourth-order valence-corrected chi connectivity index (χ4v) is 2.67. The molecule has 1 fully saturated rings. The van der Waals surface area contributed by atoms with E-state index in [9.17, 15) is 10.1 Å². The first-order valence-electron chi connectivity index (χ1n) is 6.88. The molecule has 3 heteroatoms. The predicted octanol–water partition coefficient (Wildman–Crippen LogP) is 3.72. The highest BCUT2D eigenvalue weighted by molar-refractivity contribution is 5.97. The van der Waals surface area contributed by atoms with Crippen molar-refractivity contribution >= 4 is 11.6 Å². The van der Waals surface area contributed by atoms with Crippen molar-refractivity contribution in [2.75, 3.05) is 5.32 Å². The van der Waals surface area contributed by atoms with Crippen LogP contribution < -0.4 is 5.32 Å². The summed E-state index contributed by atoms with van der Waals surface area (Å²) in [6, 6.07) is 8.10. The van der Waals surface area contributed by atoms with Gasteiger partial charge in [0.2, 0.25) is 5.91 Å². The summed E-state index contributed by atoms with van der Waals surface area (Å²) in [6.07, 6.45) is 4.42. The van der Waals surface area contributed by atoms with E-state index >= 15 is 0 Å². The van der Waals surface area contributed by atoms with Crippen LogP contribution in [0.3, 0.4) is 0 Å². The minimum absolute atomic E-state index is 0.136. The second-order valence-corrected chi connectivity index (χ2v) is 5.46. The van der Waals surface area contributed by atoms with Crippen molar-refractivity contribution in [1.29, 1.82) is 5.26 Å². The maximum absolute atomic E-state index is 12.5. The molecule has 19 heavy (non-hydrogen) atoms. The molecule has 0 bridgehead atoms. The van der Waals surface area contributed by atoms with E-state index in [4.69, 9.17) is 0 Å². The van der Waals surface area contributed by atoms with Crippen LogP contribution in [-0.2, 0) is 4.79 Å². The van der Waals surface area contributed by atoms with E-state index in [1.54, 1.807) is 0 Å². The van der Waals surface area contributed by atoms with Gasteiger partial charge in [0.25, 0.3) is 0 Å². The Kier molecular flexibility index (Phi) is 3.90. The van der Waals surface area contributed by atoms with E-state index in [-0.39, 0.29) is 5.91 Å². The van der Waals surface area contributed by atoms with Crippen molar-refractivity contribution in [3.05, 3.63) is 29.3 Å². The van der Waals surface area contributed by atoms with Gasteiger partial charge in [0.05, 0.1) is 6.07 Å². The number of hydrogen-bond donors (Lipinski definition) is 1. The quantitative estimate of drug-likeness (QED) is 0.876. The number of benzene rings is 1. The van der Waals surface area contributed by atoms with Gasteiger partial charge in [0.15, 0.2) is 0 Å². The van der Waals surface area contributed by atoms with Gasteiger partial charge in [-0.15, -0.1) is 0 Å². The highest BCUT2D eigenvalue weighted by atomic mass is 16.2. The van der Waals surface area contributed by atoms with E-state index in [1.807, 2.05) is 32.0 Å². The van der Waals surface area contributed by atoms with Gasteiger partial charge in [0, 0.05) is 5.69 Å². The van der Waals surface area contributed by atoms with Gasteiger partial charge >= 0.3 is 0 Å². The number of aryl methyl sites for hydroxylation is 1. The first-order chi connectivity index (χ1) is 9.09. The topological polar surface area (TPSA) is 52.9 Å². The van der Waals surface area contributed by atoms with Crippen LogP contribution in [0, 0.1) is 30.6 Å². The molecule has 0 aliphatic heterocycles. The van der Waals surface area contributed by atoms with Crippen LogP contribution >= 0.6 is 0 Å². The van der Waals surface area contributed by atoms with Gasteiger partial charge in [-0.05, 0) is 43.9 Å². The molecule has 1 aromatic carbocycles. The summed E-state index contributed by atoms with van der Waals surface area (Å²) in [6.45, 7) is 4.01. The Morgan fingerprint density at radius 1 is 1.26 bits per heavy atom. The highest BCUT2D eigenvalue weighted by Gasteiger charge is 2.39. The molecule has 1 saturated carbocycles. The minimum atomic E-state index is -0.825. The van der Waals surface area contributed by atoms with Crippen LogP contribution in [0.5, 0.6) is 0 Å². The molecule has 1 aliphatic carbocycles. The fourth-order valence-electron chi connectivity index (χ4n) is 2.67. The van der Waals surface area contributed by atoms with Crippen molar-refractivity contribution in [3.8, 4) is 6.07 Å². The number of rotatable bonds is 2. The molecule has 0 heterocycles. The molecule has 1 aliphatic rings. The molecule has 0 aromatic heterocycles. The molecule has 1 amide bonds. The Balaban J connectivity index is 2.20. The van der Waals surface area contributed by atoms with Crippen molar-refractivity contribution < 1.29 is 4.79 Å². The summed E-state index contributed by atoms with van der Waals surface area (Å²) >= 11 is 0. The van der Waals surface area contributed by atoms with Crippen LogP contribution in [0.4, 0.5) is 5.69 Å². The summed E-state index contributed by atoms with van der Waals surface area (Å²) < 4.78 is 0. The first kappa shape index (κ1) is 13.6. The highest BCUT2D eigenvalue weighted by Crippen LogP contribution is 2.37. The summed E-state index contributed by atoms with van der Waals surface area (Å²) in [5.41, 5.74) is 2.21. The van der Waals surface area contributed by atoms with E-state index in [1.165, 1.54) is 0 Å². The molecule has 2 rings (SSSR count). The predicted molar refractivity (Wildman–Crippen MR) is 75.7 cm³/mol. The molecule has 0 atom stereocenters. The van der Waals surface area contributed by atoms with Crippen LogP contribution in [-0.4, -0.2) is 5.91 Å². The molecule has 3 nitrogen and oxygen atoms in total. The molecule has 1 N–H and O–H groups in total. The zero-order valence-corrected chi connectivity index (χ0v) is 11.6. The van der Waals surface area contributed by atoms with Crippen molar-refractivity contribution in [2.45, 2.75) is 46.0 Å². The van der Waals surface area contributed by atoms with E-state index in [2.05, 4.69) is 11.4 Å². The van der Waals surface area contributed by atoms with Gasteiger partial charge in [-0.2, -0.15) is 5.26 Å². The molecule has 0 spiro atoms. The number of nitrogens with zero attached hydrogens (tertiary/aromatic N) is 1. The zero-order chi connectivity index (χ0) is 13.9. The third-order valence-electron chi connectivity index (χ3n) is 4.21. The fraction of sp³-hybridized carbons (Fsp3) is 0.500. The zero-order valence-electron chi connectivity index (χ0n) is 11.6. The van der Waals surface area contributed by atoms with Crippen LogP contribution in [0.25, 0.3) is 0 Å². The first-order valence-corrected chi connectivity index (χ1v) is 6.88. The van der Waals surface area contributed by atoms with Crippen molar-refractivity contribution in [1.82, 2.24) is 0 Å².